The lowest BCUT2D eigenvalue weighted by molar-refractivity contribution is -0.124. The maximum absolute atomic E-state index is 11.6. The molecule has 1 amide bonds. The second-order valence-electron chi connectivity index (χ2n) is 6.42. The molecule has 4 heteroatoms. The van der Waals surface area contributed by atoms with E-state index in [0.29, 0.717) is 6.04 Å². The number of amides is 1. The summed E-state index contributed by atoms with van der Waals surface area (Å²) in [5, 5.41) is 3.38. The highest BCUT2D eigenvalue weighted by molar-refractivity contribution is 5.84. The zero-order valence-electron chi connectivity index (χ0n) is 12.1. The second-order valence-corrected chi connectivity index (χ2v) is 6.42. The molecule has 2 rings (SSSR count). The van der Waals surface area contributed by atoms with Gasteiger partial charge in [0.1, 0.15) is 0 Å². The fourth-order valence-corrected chi connectivity index (χ4v) is 2.39. The van der Waals surface area contributed by atoms with Gasteiger partial charge >= 0.3 is 0 Å². The van der Waals surface area contributed by atoms with Gasteiger partial charge in [-0.25, -0.2) is 0 Å². The van der Waals surface area contributed by atoms with Crippen molar-refractivity contribution in [3.05, 3.63) is 0 Å². The van der Waals surface area contributed by atoms with Crippen molar-refractivity contribution in [3.8, 4) is 0 Å². The smallest absolute Gasteiger partial charge is 0.237 e. The molecule has 0 aliphatic heterocycles. The molecule has 0 bridgehead atoms. The van der Waals surface area contributed by atoms with E-state index in [1.807, 2.05) is 6.92 Å². The van der Waals surface area contributed by atoms with E-state index in [1.54, 1.807) is 0 Å². The number of carbonyl (C=O) groups is 1. The van der Waals surface area contributed by atoms with Gasteiger partial charge in [-0.15, -0.1) is 0 Å². The summed E-state index contributed by atoms with van der Waals surface area (Å²) in [5.74, 6) is 0.718. The predicted octanol–water partition coefficient (Wildman–Crippen LogP) is 1.97. The first-order chi connectivity index (χ1) is 9.10. The zero-order chi connectivity index (χ0) is 13.7. The molecule has 1 unspecified atom stereocenters. The summed E-state index contributed by atoms with van der Waals surface area (Å²) in [5.41, 5.74) is 4.98. The van der Waals surface area contributed by atoms with Gasteiger partial charge in [-0.2, -0.15) is 0 Å². The number of hydrogen-bond acceptors (Lipinski definition) is 3. The quantitative estimate of drug-likeness (QED) is 0.563. The Kier molecular flexibility index (Phi) is 5.22. The monoisotopic (exact) mass is 268 g/mol. The largest absolute Gasteiger partial charge is 0.381 e. The Hall–Kier alpha value is -0.610. The van der Waals surface area contributed by atoms with Crippen LogP contribution in [-0.4, -0.2) is 30.7 Å². The number of primary amides is 1. The van der Waals surface area contributed by atoms with Crippen molar-refractivity contribution in [3.63, 3.8) is 0 Å². The first kappa shape index (κ1) is 14.8. The van der Waals surface area contributed by atoms with Gasteiger partial charge in [-0.1, -0.05) is 12.8 Å². The van der Waals surface area contributed by atoms with Crippen LogP contribution in [0.15, 0.2) is 0 Å². The van der Waals surface area contributed by atoms with E-state index in [0.717, 1.165) is 38.4 Å². The van der Waals surface area contributed by atoms with Crippen molar-refractivity contribution in [2.75, 3.05) is 13.2 Å². The molecule has 2 fully saturated rings. The molecule has 0 saturated heterocycles. The maximum Gasteiger partial charge on any atom is 0.237 e. The van der Waals surface area contributed by atoms with Gasteiger partial charge < -0.3 is 15.8 Å². The molecule has 0 radical (unpaired) electrons. The van der Waals surface area contributed by atoms with Crippen molar-refractivity contribution < 1.29 is 9.53 Å². The van der Waals surface area contributed by atoms with E-state index >= 15 is 0 Å². The molecule has 0 aromatic carbocycles. The van der Waals surface area contributed by atoms with E-state index in [2.05, 4.69) is 5.32 Å². The van der Waals surface area contributed by atoms with Crippen LogP contribution in [0.5, 0.6) is 0 Å². The molecular weight excluding hydrogens is 240 g/mol. The van der Waals surface area contributed by atoms with Gasteiger partial charge in [-0.3, -0.25) is 4.79 Å². The Morgan fingerprint density at radius 2 is 2.00 bits per heavy atom. The molecule has 0 heterocycles. The lowest BCUT2D eigenvalue weighted by Gasteiger charge is -2.27. The predicted molar refractivity (Wildman–Crippen MR) is 75.8 cm³/mol. The summed E-state index contributed by atoms with van der Waals surface area (Å²) in [6, 6.07) is 0.507. The van der Waals surface area contributed by atoms with E-state index in [1.165, 1.54) is 32.1 Å². The van der Waals surface area contributed by atoms with Gasteiger partial charge in [-0.05, 0) is 51.4 Å². The van der Waals surface area contributed by atoms with Gasteiger partial charge in [0.15, 0.2) is 0 Å². The molecular formula is C15H28N2O2. The third-order valence-corrected chi connectivity index (χ3v) is 4.23. The molecule has 2 aliphatic rings. The summed E-state index contributed by atoms with van der Waals surface area (Å²) in [4.78, 5) is 11.6. The molecule has 110 valence electrons. The zero-order valence-corrected chi connectivity index (χ0v) is 12.1. The number of rotatable bonds is 11. The molecule has 4 nitrogen and oxygen atoms in total. The van der Waals surface area contributed by atoms with Crippen LogP contribution in [0.2, 0.25) is 0 Å². The number of carbonyl (C=O) groups excluding carboxylic acids is 1. The third kappa shape index (κ3) is 5.49. The average molecular weight is 268 g/mol. The van der Waals surface area contributed by atoms with Gasteiger partial charge in [0.05, 0.1) is 5.54 Å². The lowest BCUT2D eigenvalue weighted by atomic mass is 9.94. The first-order valence-electron chi connectivity index (χ1n) is 7.75. The first-order valence-corrected chi connectivity index (χ1v) is 7.75. The number of ether oxygens (including phenoxy) is 1. The minimum atomic E-state index is -0.533. The van der Waals surface area contributed by atoms with Gasteiger partial charge in [0.25, 0.3) is 0 Å². The van der Waals surface area contributed by atoms with Crippen molar-refractivity contribution >= 4 is 5.91 Å². The van der Waals surface area contributed by atoms with Crippen LogP contribution in [0.3, 0.4) is 0 Å². The van der Waals surface area contributed by atoms with E-state index in [4.69, 9.17) is 10.5 Å². The molecule has 0 aromatic rings. The Balaban J connectivity index is 1.52. The fourth-order valence-electron chi connectivity index (χ4n) is 2.39. The Morgan fingerprint density at radius 1 is 1.26 bits per heavy atom. The summed E-state index contributed by atoms with van der Waals surface area (Å²) < 4.78 is 5.62. The number of unbranched alkanes of at least 4 members (excludes halogenated alkanes) is 1. The van der Waals surface area contributed by atoms with Crippen LogP contribution in [0.4, 0.5) is 0 Å². The third-order valence-electron chi connectivity index (χ3n) is 4.23. The van der Waals surface area contributed by atoms with Crippen LogP contribution < -0.4 is 11.1 Å². The average Bonchev–Trinajstić information content (AvgIpc) is 3.22. The number of nitrogens with two attached hydrogens (primary N) is 1. The van der Waals surface area contributed by atoms with Crippen molar-refractivity contribution in [2.45, 2.75) is 69.9 Å². The molecule has 2 aliphatic carbocycles. The van der Waals surface area contributed by atoms with Crippen LogP contribution in [0.25, 0.3) is 0 Å². The second kappa shape index (κ2) is 6.71. The molecule has 0 aromatic heterocycles. The topological polar surface area (TPSA) is 64.3 Å². The minimum absolute atomic E-state index is 0.228. The number of nitrogens with one attached hydrogen (secondary N) is 1. The molecule has 1 atom stereocenters. The van der Waals surface area contributed by atoms with E-state index in [-0.39, 0.29) is 5.91 Å². The number of hydrogen-bond donors (Lipinski definition) is 2. The summed E-state index contributed by atoms with van der Waals surface area (Å²) in [6.07, 6.45) is 9.18. The van der Waals surface area contributed by atoms with Gasteiger partial charge in [0.2, 0.25) is 5.91 Å². The molecule has 3 N–H and O–H groups in total. The maximum atomic E-state index is 11.6. The Morgan fingerprint density at radius 3 is 2.58 bits per heavy atom. The Labute approximate surface area is 116 Å². The van der Waals surface area contributed by atoms with E-state index in [9.17, 15) is 4.79 Å². The normalized spacial score (nSPS) is 22.2. The van der Waals surface area contributed by atoms with Crippen molar-refractivity contribution in [2.24, 2.45) is 11.7 Å². The Bertz CT molecular complexity index is 301. The van der Waals surface area contributed by atoms with Crippen molar-refractivity contribution in [1.82, 2.24) is 5.32 Å². The standard InChI is InChI=1S/C15H28N2O2/c1-15(14(16)18,17-13-6-7-13)9-2-3-10-19-11-8-12-4-5-12/h12-13,17H,2-11H2,1H3,(H2,16,18). The minimum Gasteiger partial charge on any atom is -0.381 e. The summed E-state index contributed by atoms with van der Waals surface area (Å²) in [7, 11) is 0. The van der Waals surface area contributed by atoms with Crippen LogP contribution in [0, 0.1) is 5.92 Å². The highest BCUT2D eigenvalue weighted by Gasteiger charge is 2.36. The van der Waals surface area contributed by atoms with Crippen molar-refractivity contribution in [1.29, 1.82) is 0 Å². The highest BCUT2D eigenvalue weighted by atomic mass is 16.5. The molecule has 2 saturated carbocycles. The highest BCUT2D eigenvalue weighted by Crippen LogP contribution is 2.32. The lowest BCUT2D eigenvalue weighted by Crippen LogP contribution is -2.53. The van der Waals surface area contributed by atoms with Crippen LogP contribution in [0.1, 0.15) is 58.3 Å². The summed E-state index contributed by atoms with van der Waals surface area (Å²) >= 11 is 0. The molecule has 0 spiro atoms. The van der Waals surface area contributed by atoms with Gasteiger partial charge in [0, 0.05) is 19.3 Å². The van der Waals surface area contributed by atoms with Crippen LogP contribution in [-0.2, 0) is 9.53 Å². The van der Waals surface area contributed by atoms with E-state index < -0.39 is 5.54 Å². The van der Waals surface area contributed by atoms with Crippen LogP contribution >= 0.6 is 0 Å². The summed E-state index contributed by atoms with van der Waals surface area (Å²) in [6.45, 7) is 3.64. The molecule has 19 heavy (non-hydrogen) atoms. The SMILES string of the molecule is CC(CCCCOCCC1CC1)(NC1CC1)C(N)=O. The fraction of sp³-hybridized carbons (Fsp3) is 0.933.